The average molecular weight is 172 g/mol. The highest BCUT2D eigenvalue weighted by molar-refractivity contribution is 4.65. The van der Waals surface area contributed by atoms with Crippen molar-refractivity contribution in [3.8, 4) is 0 Å². The molecule has 0 spiro atoms. The normalized spacial score (nSPS) is 18.8. The molecule has 0 unspecified atom stereocenters. The molecule has 1 rings (SSSR count). The molecular formula is C9H20N2O. The Morgan fingerprint density at radius 1 is 1.25 bits per heavy atom. The number of nitrogens with one attached hydrogen (secondary N) is 1. The predicted octanol–water partition coefficient (Wildman–Crippen LogP) is 1.01. The van der Waals surface area contributed by atoms with Crippen LogP contribution in [0.25, 0.3) is 0 Å². The Bertz CT molecular complexity index is 103. The highest BCUT2D eigenvalue weighted by Crippen LogP contribution is 2.07. The van der Waals surface area contributed by atoms with Crippen molar-refractivity contribution in [1.82, 2.24) is 10.4 Å². The maximum Gasteiger partial charge on any atom is 0.0682 e. The van der Waals surface area contributed by atoms with Gasteiger partial charge in [-0.1, -0.05) is 0 Å². The first-order valence-electron chi connectivity index (χ1n) is 4.94. The van der Waals surface area contributed by atoms with Crippen LogP contribution in [0.1, 0.15) is 25.7 Å². The Hall–Kier alpha value is -0.120. The van der Waals surface area contributed by atoms with Gasteiger partial charge in [0, 0.05) is 7.05 Å². The molecule has 1 aliphatic heterocycles. The third-order valence-electron chi connectivity index (χ3n) is 2.31. The van der Waals surface area contributed by atoms with E-state index in [1.54, 1.807) is 7.05 Å². The summed E-state index contributed by atoms with van der Waals surface area (Å²) < 4.78 is 0. The van der Waals surface area contributed by atoms with Crippen molar-refractivity contribution in [2.75, 3.05) is 33.3 Å². The van der Waals surface area contributed by atoms with E-state index in [4.69, 9.17) is 4.84 Å². The van der Waals surface area contributed by atoms with Gasteiger partial charge in [-0.3, -0.25) is 0 Å². The second kappa shape index (κ2) is 6.40. The van der Waals surface area contributed by atoms with Gasteiger partial charge in [0.15, 0.2) is 0 Å². The van der Waals surface area contributed by atoms with E-state index in [-0.39, 0.29) is 0 Å². The average Bonchev–Trinajstić information content (AvgIpc) is 2.57. The summed E-state index contributed by atoms with van der Waals surface area (Å²) in [5.41, 5.74) is 2.68. The van der Waals surface area contributed by atoms with Crippen LogP contribution in [0.4, 0.5) is 0 Å². The molecule has 1 heterocycles. The molecule has 12 heavy (non-hydrogen) atoms. The molecule has 0 bridgehead atoms. The molecule has 0 amide bonds. The molecule has 72 valence electrons. The van der Waals surface area contributed by atoms with Crippen LogP contribution in [-0.4, -0.2) is 38.2 Å². The van der Waals surface area contributed by atoms with Crippen molar-refractivity contribution in [2.24, 2.45) is 0 Å². The zero-order valence-corrected chi connectivity index (χ0v) is 8.01. The quantitative estimate of drug-likeness (QED) is 0.478. The maximum atomic E-state index is 5.03. The van der Waals surface area contributed by atoms with Gasteiger partial charge in [0.2, 0.25) is 0 Å². The van der Waals surface area contributed by atoms with Crippen molar-refractivity contribution in [3.05, 3.63) is 0 Å². The predicted molar refractivity (Wildman–Crippen MR) is 49.9 cm³/mol. The molecule has 0 saturated carbocycles. The van der Waals surface area contributed by atoms with Crippen LogP contribution in [0.3, 0.4) is 0 Å². The number of hydrogen-bond acceptors (Lipinski definition) is 3. The zero-order valence-electron chi connectivity index (χ0n) is 8.01. The highest BCUT2D eigenvalue weighted by atomic mass is 16.6. The monoisotopic (exact) mass is 172 g/mol. The number of nitrogens with zero attached hydrogens (tertiary/aromatic N) is 1. The van der Waals surface area contributed by atoms with E-state index < -0.39 is 0 Å². The summed E-state index contributed by atoms with van der Waals surface area (Å²) in [6.07, 6.45) is 5.22. The first-order chi connectivity index (χ1) is 5.93. The summed E-state index contributed by atoms with van der Waals surface area (Å²) in [7, 11) is 1.81. The van der Waals surface area contributed by atoms with E-state index >= 15 is 0 Å². The van der Waals surface area contributed by atoms with Crippen molar-refractivity contribution in [3.63, 3.8) is 0 Å². The smallest absolute Gasteiger partial charge is 0.0682 e. The number of hydroxylamine groups is 1. The second-order valence-corrected chi connectivity index (χ2v) is 3.31. The fourth-order valence-corrected chi connectivity index (χ4v) is 1.62. The zero-order chi connectivity index (χ0) is 8.65. The highest BCUT2D eigenvalue weighted by Gasteiger charge is 2.09. The van der Waals surface area contributed by atoms with Gasteiger partial charge in [0.05, 0.1) is 6.61 Å². The van der Waals surface area contributed by atoms with Gasteiger partial charge in [-0.05, 0) is 45.3 Å². The molecule has 0 aliphatic carbocycles. The Kier molecular flexibility index (Phi) is 5.32. The van der Waals surface area contributed by atoms with Crippen LogP contribution in [0.2, 0.25) is 0 Å². The molecule has 1 fully saturated rings. The minimum Gasteiger partial charge on any atom is -0.303 e. The van der Waals surface area contributed by atoms with Crippen molar-refractivity contribution in [2.45, 2.75) is 25.7 Å². The molecule has 1 saturated heterocycles. The number of rotatable bonds is 6. The van der Waals surface area contributed by atoms with E-state index in [2.05, 4.69) is 10.4 Å². The van der Waals surface area contributed by atoms with Gasteiger partial charge >= 0.3 is 0 Å². The van der Waals surface area contributed by atoms with Crippen LogP contribution in [0.15, 0.2) is 0 Å². The van der Waals surface area contributed by atoms with Gasteiger partial charge in [-0.2, -0.15) is 0 Å². The van der Waals surface area contributed by atoms with E-state index in [1.165, 1.54) is 38.9 Å². The molecule has 3 heteroatoms. The lowest BCUT2D eigenvalue weighted by molar-refractivity contribution is 0.0542. The fraction of sp³-hybridized carbons (Fsp3) is 1.00. The molecule has 0 radical (unpaired) electrons. The minimum absolute atomic E-state index is 0.838. The fourth-order valence-electron chi connectivity index (χ4n) is 1.62. The Labute approximate surface area is 75.0 Å². The van der Waals surface area contributed by atoms with Crippen molar-refractivity contribution >= 4 is 0 Å². The summed E-state index contributed by atoms with van der Waals surface area (Å²) in [6, 6.07) is 0. The lowest BCUT2D eigenvalue weighted by atomic mass is 10.3. The SMILES string of the molecule is CNOCCCCN1CCCC1. The summed E-state index contributed by atoms with van der Waals surface area (Å²) in [6.45, 7) is 4.72. The standard InChI is InChI=1S/C9H20N2O/c1-10-12-9-5-4-8-11-6-2-3-7-11/h10H,2-9H2,1H3. The molecule has 0 aromatic carbocycles. The number of unbranched alkanes of at least 4 members (excludes halogenated alkanes) is 1. The summed E-state index contributed by atoms with van der Waals surface area (Å²) >= 11 is 0. The van der Waals surface area contributed by atoms with Crippen molar-refractivity contribution < 1.29 is 4.84 Å². The topological polar surface area (TPSA) is 24.5 Å². The van der Waals surface area contributed by atoms with Gasteiger partial charge in [0.1, 0.15) is 0 Å². The molecule has 0 aromatic rings. The van der Waals surface area contributed by atoms with E-state index in [1.807, 2.05) is 0 Å². The second-order valence-electron chi connectivity index (χ2n) is 3.31. The Morgan fingerprint density at radius 2 is 2.00 bits per heavy atom. The third-order valence-corrected chi connectivity index (χ3v) is 2.31. The molecule has 3 nitrogen and oxygen atoms in total. The minimum atomic E-state index is 0.838. The van der Waals surface area contributed by atoms with E-state index in [0.717, 1.165) is 13.0 Å². The van der Waals surface area contributed by atoms with E-state index in [0.29, 0.717) is 0 Å². The molecule has 1 N–H and O–H groups in total. The lowest BCUT2D eigenvalue weighted by Crippen LogP contribution is -2.20. The maximum absolute atomic E-state index is 5.03. The lowest BCUT2D eigenvalue weighted by Gasteiger charge is -2.13. The Balaban J connectivity index is 1.81. The summed E-state index contributed by atoms with van der Waals surface area (Å²) in [5, 5.41) is 0. The first-order valence-corrected chi connectivity index (χ1v) is 4.94. The van der Waals surface area contributed by atoms with E-state index in [9.17, 15) is 0 Å². The molecule has 1 aliphatic rings. The van der Waals surface area contributed by atoms with Crippen LogP contribution in [0.5, 0.6) is 0 Å². The van der Waals surface area contributed by atoms with Crippen molar-refractivity contribution in [1.29, 1.82) is 0 Å². The van der Waals surface area contributed by atoms with Gasteiger partial charge in [0.25, 0.3) is 0 Å². The summed E-state index contributed by atoms with van der Waals surface area (Å²) in [5.74, 6) is 0. The van der Waals surface area contributed by atoms with Crippen LogP contribution < -0.4 is 5.48 Å². The largest absolute Gasteiger partial charge is 0.303 e. The van der Waals surface area contributed by atoms with Crippen LogP contribution in [0, 0.1) is 0 Å². The van der Waals surface area contributed by atoms with Gasteiger partial charge < -0.3 is 9.74 Å². The first kappa shape index (κ1) is 9.96. The molecule has 0 aromatic heterocycles. The summed E-state index contributed by atoms with van der Waals surface area (Å²) in [4.78, 5) is 7.57. The Morgan fingerprint density at radius 3 is 2.67 bits per heavy atom. The van der Waals surface area contributed by atoms with Gasteiger partial charge in [-0.25, -0.2) is 5.48 Å². The van der Waals surface area contributed by atoms with Gasteiger partial charge in [-0.15, -0.1) is 0 Å². The number of likely N-dealkylation sites (tertiary alicyclic amines) is 1. The number of hydrogen-bond donors (Lipinski definition) is 1. The van der Waals surface area contributed by atoms with Crippen LogP contribution in [-0.2, 0) is 4.84 Å². The molecular weight excluding hydrogens is 152 g/mol. The van der Waals surface area contributed by atoms with Crippen LogP contribution >= 0.6 is 0 Å². The molecule has 0 atom stereocenters. The third kappa shape index (κ3) is 4.04.